The summed E-state index contributed by atoms with van der Waals surface area (Å²) >= 11 is 5.22. The van der Waals surface area contributed by atoms with Crippen LogP contribution in [0.2, 0.25) is 0 Å². The summed E-state index contributed by atoms with van der Waals surface area (Å²) < 4.78 is 5.08. The van der Waals surface area contributed by atoms with Gasteiger partial charge in [-0.05, 0) is 79.3 Å². The van der Waals surface area contributed by atoms with Gasteiger partial charge in [0, 0.05) is 22.5 Å². The van der Waals surface area contributed by atoms with Crippen molar-refractivity contribution < 1.29 is 14.3 Å². The zero-order valence-corrected chi connectivity index (χ0v) is 17.4. The van der Waals surface area contributed by atoms with Gasteiger partial charge < -0.3 is 15.4 Å². The maximum atomic E-state index is 12.5. The van der Waals surface area contributed by atoms with Crippen LogP contribution in [0.25, 0.3) is 0 Å². The molecule has 3 aromatic rings. The molecule has 0 saturated heterocycles. The second kappa shape index (κ2) is 9.67. The lowest BCUT2D eigenvalue weighted by Gasteiger charge is -2.11. The molecule has 0 aliphatic rings. The minimum Gasteiger partial charge on any atom is -0.497 e. The minimum absolute atomic E-state index is 0.132. The Morgan fingerprint density at radius 2 is 1.47 bits per heavy atom. The Morgan fingerprint density at radius 1 is 0.800 bits per heavy atom. The van der Waals surface area contributed by atoms with Crippen LogP contribution in [0, 0.1) is 6.92 Å². The molecular formula is C23H21N3O3S. The van der Waals surface area contributed by atoms with Crippen molar-refractivity contribution in [2.24, 2.45) is 0 Å². The Kier molecular flexibility index (Phi) is 6.77. The average molecular weight is 420 g/mol. The zero-order valence-electron chi connectivity index (χ0n) is 16.6. The molecule has 0 unspecified atom stereocenters. The fourth-order valence-electron chi connectivity index (χ4n) is 2.74. The highest BCUT2D eigenvalue weighted by atomic mass is 32.1. The number of methoxy groups -OCH3 is 1. The molecular weight excluding hydrogens is 398 g/mol. The predicted octanol–water partition coefficient (Wildman–Crippen LogP) is 4.38. The Labute approximate surface area is 180 Å². The largest absolute Gasteiger partial charge is 0.497 e. The van der Waals surface area contributed by atoms with E-state index < -0.39 is 0 Å². The topological polar surface area (TPSA) is 79.5 Å². The van der Waals surface area contributed by atoms with Gasteiger partial charge >= 0.3 is 0 Å². The Morgan fingerprint density at radius 3 is 2.13 bits per heavy atom. The first-order valence-corrected chi connectivity index (χ1v) is 9.60. The van der Waals surface area contributed by atoms with Crippen LogP contribution in [0.4, 0.5) is 11.4 Å². The average Bonchev–Trinajstić information content (AvgIpc) is 2.74. The molecule has 6 nitrogen and oxygen atoms in total. The molecule has 152 valence electrons. The van der Waals surface area contributed by atoms with E-state index >= 15 is 0 Å². The summed E-state index contributed by atoms with van der Waals surface area (Å²) in [6.45, 7) is 1.96. The fourth-order valence-corrected chi connectivity index (χ4v) is 2.95. The highest BCUT2D eigenvalue weighted by molar-refractivity contribution is 7.80. The van der Waals surface area contributed by atoms with Gasteiger partial charge in [-0.15, -0.1) is 0 Å². The van der Waals surface area contributed by atoms with Crippen LogP contribution in [0.1, 0.15) is 26.3 Å². The molecule has 0 aliphatic heterocycles. The molecule has 0 fully saturated rings. The van der Waals surface area contributed by atoms with E-state index in [9.17, 15) is 9.59 Å². The number of benzene rings is 3. The van der Waals surface area contributed by atoms with Gasteiger partial charge in [0.25, 0.3) is 11.8 Å². The number of rotatable bonds is 5. The number of hydrogen-bond acceptors (Lipinski definition) is 4. The van der Waals surface area contributed by atoms with E-state index in [0.29, 0.717) is 22.6 Å². The summed E-state index contributed by atoms with van der Waals surface area (Å²) in [6.07, 6.45) is 0. The van der Waals surface area contributed by atoms with Crippen molar-refractivity contribution in [3.8, 4) is 5.75 Å². The van der Waals surface area contributed by atoms with Crippen LogP contribution in [0.3, 0.4) is 0 Å². The first-order valence-electron chi connectivity index (χ1n) is 9.19. The lowest BCUT2D eigenvalue weighted by atomic mass is 10.1. The quantitative estimate of drug-likeness (QED) is 0.535. The summed E-state index contributed by atoms with van der Waals surface area (Å²) in [5, 5.41) is 8.54. The van der Waals surface area contributed by atoms with Gasteiger partial charge in [-0.1, -0.05) is 18.2 Å². The maximum absolute atomic E-state index is 12.5. The van der Waals surface area contributed by atoms with E-state index in [-0.39, 0.29) is 16.9 Å². The number of hydrogen-bond donors (Lipinski definition) is 3. The van der Waals surface area contributed by atoms with Crippen molar-refractivity contribution >= 4 is 40.5 Å². The van der Waals surface area contributed by atoms with Gasteiger partial charge in [0.15, 0.2) is 5.11 Å². The number of nitrogens with one attached hydrogen (secondary N) is 3. The fraction of sp³-hybridized carbons (Fsp3) is 0.0870. The molecule has 0 bridgehead atoms. The summed E-state index contributed by atoms with van der Waals surface area (Å²) in [6, 6.07) is 21.1. The number of aryl methyl sites for hydroxylation is 1. The van der Waals surface area contributed by atoms with Crippen LogP contribution in [0.15, 0.2) is 72.8 Å². The van der Waals surface area contributed by atoms with Crippen LogP contribution >= 0.6 is 12.2 Å². The monoisotopic (exact) mass is 419 g/mol. The molecule has 0 atom stereocenters. The van der Waals surface area contributed by atoms with Crippen LogP contribution < -0.4 is 20.7 Å². The van der Waals surface area contributed by atoms with E-state index in [1.165, 1.54) is 0 Å². The van der Waals surface area contributed by atoms with Crippen LogP contribution in [-0.4, -0.2) is 24.0 Å². The summed E-state index contributed by atoms with van der Waals surface area (Å²) in [5.74, 6) is 0.0777. The third kappa shape index (κ3) is 5.65. The van der Waals surface area contributed by atoms with Crippen LogP contribution in [0.5, 0.6) is 5.75 Å². The number of amides is 2. The molecule has 3 N–H and O–H groups in total. The second-order valence-corrected chi connectivity index (χ2v) is 6.95. The van der Waals surface area contributed by atoms with E-state index in [0.717, 1.165) is 11.3 Å². The van der Waals surface area contributed by atoms with E-state index in [2.05, 4.69) is 16.0 Å². The van der Waals surface area contributed by atoms with Gasteiger partial charge in [-0.3, -0.25) is 14.9 Å². The third-order valence-electron chi connectivity index (χ3n) is 4.24. The molecule has 0 radical (unpaired) electrons. The first-order chi connectivity index (χ1) is 14.4. The molecule has 30 heavy (non-hydrogen) atoms. The number of ether oxygens (including phenoxy) is 1. The van der Waals surface area contributed by atoms with Gasteiger partial charge in [-0.2, -0.15) is 0 Å². The smallest absolute Gasteiger partial charge is 0.257 e. The summed E-state index contributed by atoms with van der Waals surface area (Å²) in [4.78, 5) is 24.8. The molecule has 0 aromatic heterocycles. The zero-order chi connectivity index (χ0) is 21.5. The summed E-state index contributed by atoms with van der Waals surface area (Å²) in [5.41, 5.74) is 3.28. The standard InChI is InChI=1S/C23H21N3O3S/c1-15-5-3-7-18(13-15)24-22(28)17-6-4-8-19(14-17)25-23(30)26-21(27)16-9-11-20(29-2)12-10-16/h3-14H,1-2H3,(H,24,28)(H2,25,26,27,30). The molecule has 7 heteroatoms. The normalized spacial score (nSPS) is 10.1. The van der Waals surface area contributed by atoms with Crippen molar-refractivity contribution in [3.63, 3.8) is 0 Å². The molecule has 3 rings (SSSR count). The lowest BCUT2D eigenvalue weighted by Crippen LogP contribution is -2.34. The van der Waals surface area contributed by atoms with Crippen molar-refractivity contribution in [1.29, 1.82) is 0 Å². The van der Waals surface area contributed by atoms with Crippen LogP contribution in [-0.2, 0) is 0 Å². The number of anilines is 2. The first kappa shape index (κ1) is 21.0. The SMILES string of the molecule is COc1ccc(C(=O)NC(=S)Nc2cccc(C(=O)Nc3cccc(C)c3)c2)cc1. The van der Waals surface area contributed by atoms with Gasteiger partial charge in [-0.25, -0.2) is 0 Å². The predicted molar refractivity (Wildman–Crippen MR) is 122 cm³/mol. The van der Waals surface area contributed by atoms with Crippen molar-refractivity contribution in [2.75, 3.05) is 17.7 Å². The number of carbonyl (C=O) groups excluding carboxylic acids is 2. The molecule has 3 aromatic carbocycles. The van der Waals surface area contributed by atoms with Crippen molar-refractivity contribution in [3.05, 3.63) is 89.5 Å². The molecule has 0 heterocycles. The van der Waals surface area contributed by atoms with Gasteiger partial charge in [0.2, 0.25) is 0 Å². The molecule has 2 amide bonds. The Balaban J connectivity index is 1.61. The highest BCUT2D eigenvalue weighted by Gasteiger charge is 2.10. The van der Waals surface area contributed by atoms with Gasteiger partial charge in [0.1, 0.15) is 5.75 Å². The van der Waals surface area contributed by atoms with E-state index in [4.69, 9.17) is 17.0 Å². The highest BCUT2D eigenvalue weighted by Crippen LogP contribution is 2.15. The molecule has 0 saturated carbocycles. The lowest BCUT2D eigenvalue weighted by molar-refractivity contribution is 0.0976. The van der Waals surface area contributed by atoms with E-state index in [1.807, 2.05) is 31.2 Å². The Bertz CT molecular complexity index is 1080. The Hall–Kier alpha value is -3.71. The third-order valence-corrected chi connectivity index (χ3v) is 4.44. The minimum atomic E-state index is -0.344. The maximum Gasteiger partial charge on any atom is 0.257 e. The molecule has 0 spiro atoms. The summed E-state index contributed by atoms with van der Waals surface area (Å²) in [7, 11) is 1.56. The number of carbonyl (C=O) groups is 2. The second-order valence-electron chi connectivity index (χ2n) is 6.54. The van der Waals surface area contributed by atoms with Crippen molar-refractivity contribution in [1.82, 2.24) is 5.32 Å². The number of thiocarbonyl (C=S) groups is 1. The molecule has 0 aliphatic carbocycles. The van der Waals surface area contributed by atoms with Crippen molar-refractivity contribution in [2.45, 2.75) is 6.92 Å². The van der Waals surface area contributed by atoms with E-state index in [1.54, 1.807) is 55.6 Å². The van der Waals surface area contributed by atoms with Gasteiger partial charge in [0.05, 0.1) is 7.11 Å².